The van der Waals surface area contributed by atoms with Crippen molar-refractivity contribution in [2.24, 2.45) is 11.8 Å². The number of hydrogen-bond donors (Lipinski definition) is 2. The van der Waals surface area contributed by atoms with E-state index in [4.69, 9.17) is 11.6 Å². The fourth-order valence-corrected chi connectivity index (χ4v) is 5.00. The number of carbonyl (C=O) groups is 1. The van der Waals surface area contributed by atoms with Crippen LogP contribution in [-0.4, -0.2) is 60.6 Å². The summed E-state index contributed by atoms with van der Waals surface area (Å²) in [7, 11) is 0. The predicted octanol–water partition coefficient (Wildman–Crippen LogP) is 5.07. The maximum absolute atomic E-state index is 12.5. The Labute approximate surface area is 187 Å². The number of nitrogens with one attached hydrogen (secondary N) is 2. The molecule has 1 aliphatic heterocycles. The summed E-state index contributed by atoms with van der Waals surface area (Å²) in [6.45, 7) is 12.1. The molecule has 0 spiro atoms. The van der Waals surface area contributed by atoms with Crippen molar-refractivity contribution in [2.75, 3.05) is 38.0 Å². The molecule has 1 saturated heterocycles. The molecule has 1 aromatic carbocycles. The summed E-state index contributed by atoms with van der Waals surface area (Å²) in [4.78, 5) is 17.8. The number of halogens is 1. The van der Waals surface area contributed by atoms with Gasteiger partial charge in [-0.25, -0.2) is 4.79 Å². The monoisotopic (exact) mass is 434 g/mol. The molecule has 30 heavy (non-hydrogen) atoms. The summed E-state index contributed by atoms with van der Waals surface area (Å²) < 4.78 is 0. The number of nitrogens with zero attached hydrogens (tertiary/aromatic N) is 2. The van der Waals surface area contributed by atoms with Crippen LogP contribution >= 0.6 is 11.6 Å². The maximum atomic E-state index is 12.5. The molecular weight excluding hydrogens is 396 g/mol. The Morgan fingerprint density at radius 1 is 1.03 bits per heavy atom. The smallest absolute Gasteiger partial charge is 0.319 e. The van der Waals surface area contributed by atoms with Crippen molar-refractivity contribution in [1.82, 2.24) is 15.1 Å². The first-order valence-corrected chi connectivity index (χ1v) is 12.1. The second kappa shape index (κ2) is 11.4. The van der Waals surface area contributed by atoms with Crippen molar-refractivity contribution >= 4 is 23.3 Å². The molecule has 6 heteroatoms. The van der Waals surface area contributed by atoms with Crippen molar-refractivity contribution in [1.29, 1.82) is 0 Å². The Morgan fingerprint density at radius 2 is 1.67 bits per heavy atom. The molecule has 1 heterocycles. The van der Waals surface area contributed by atoms with Crippen LogP contribution in [0, 0.1) is 11.8 Å². The summed E-state index contributed by atoms with van der Waals surface area (Å²) in [5, 5.41) is 6.69. The van der Waals surface area contributed by atoms with Crippen LogP contribution < -0.4 is 10.6 Å². The quantitative estimate of drug-likeness (QED) is 0.629. The van der Waals surface area contributed by atoms with Gasteiger partial charge in [-0.2, -0.15) is 0 Å². The van der Waals surface area contributed by atoms with Crippen LogP contribution in [0.25, 0.3) is 0 Å². The Balaban J connectivity index is 1.52. The highest BCUT2D eigenvalue weighted by molar-refractivity contribution is 6.30. The third-order valence-corrected chi connectivity index (χ3v) is 7.39. The van der Waals surface area contributed by atoms with Gasteiger partial charge >= 0.3 is 6.03 Å². The first-order valence-electron chi connectivity index (χ1n) is 11.7. The van der Waals surface area contributed by atoms with E-state index < -0.39 is 0 Å². The van der Waals surface area contributed by atoms with E-state index in [0.29, 0.717) is 29.4 Å². The first kappa shape index (κ1) is 23.4. The number of rotatable bonds is 7. The minimum Gasteiger partial charge on any atom is -0.336 e. The fraction of sp³-hybridized carbons (Fsp3) is 0.708. The van der Waals surface area contributed by atoms with E-state index in [1.807, 2.05) is 12.1 Å². The van der Waals surface area contributed by atoms with Gasteiger partial charge in [0, 0.05) is 55.5 Å². The topological polar surface area (TPSA) is 47.6 Å². The fourth-order valence-electron chi connectivity index (χ4n) is 4.88. The van der Waals surface area contributed by atoms with Crippen LogP contribution in [0.3, 0.4) is 0 Å². The van der Waals surface area contributed by atoms with Gasteiger partial charge in [0.25, 0.3) is 0 Å². The molecule has 5 nitrogen and oxygen atoms in total. The molecule has 2 amide bonds. The van der Waals surface area contributed by atoms with Crippen LogP contribution in [-0.2, 0) is 0 Å². The third kappa shape index (κ3) is 6.60. The van der Waals surface area contributed by atoms with Crippen molar-refractivity contribution in [3.05, 3.63) is 29.3 Å². The van der Waals surface area contributed by atoms with E-state index in [9.17, 15) is 4.79 Å². The van der Waals surface area contributed by atoms with Gasteiger partial charge in [-0.05, 0) is 48.9 Å². The van der Waals surface area contributed by atoms with Gasteiger partial charge in [-0.3, -0.25) is 9.80 Å². The number of hydrogen-bond acceptors (Lipinski definition) is 3. The van der Waals surface area contributed by atoms with Crippen LogP contribution in [0.1, 0.15) is 52.9 Å². The molecule has 0 bridgehead atoms. The summed E-state index contributed by atoms with van der Waals surface area (Å²) in [5.41, 5.74) is 0.756. The van der Waals surface area contributed by atoms with Gasteiger partial charge in [0.15, 0.2) is 0 Å². The molecule has 2 unspecified atom stereocenters. The highest BCUT2D eigenvalue weighted by Crippen LogP contribution is 2.26. The zero-order valence-corrected chi connectivity index (χ0v) is 19.6. The molecule has 2 fully saturated rings. The molecule has 1 aromatic rings. The second-order valence-electron chi connectivity index (χ2n) is 9.38. The predicted molar refractivity (Wildman–Crippen MR) is 126 cm³/mol. The SMILES string of the molecule is CC(C)C(C)C(CNC(=O)Nc1ccc(Cl)cc1)N1CCN(C2CCCCC2)CC1. The summed E-state index contributed by atoms with van der Waals surface area (Å²) in [5.74, 6) is 1.09. The largest absolute Gasteiger partial charge is 0.336 e. The highest BCUT2D eigenvalue weighted by atomic mass is 35.5. The van der Waals surface area contributed by atoms with Gasteiger partial charge in [0.2, 0.25) is 0 Å². The van der Waals surface area contributed by atoms with Gasteiger partial charge in [-0.1, -0.05) is 51.6 Å². The van der Waals surface area contributed by atoms with Crippen LogP contribution in [0.4, 0.5) is 10.5 Å². The van der Waals surface area contributed by atoms with E-state index in [0.717, 1.165) is 37.9 Å². The number of piperazine rings is 1. The number of anilines is 1. The van der Waals surface area contributed by atoms with Gasteiger partial charge in [0.1, 0.15) is 0 Å². The van der Waals surface area contributed by atoms with E-state index in [2.05, 4.69) is 41.2 Å². The number of amides is 2. The molecule has 1 saturated carbocycles. The molecule has 2 aliphatic rings. The summed E-state index contributed by atoms with van der Waals surface area (Å²) in [6.07, 6.45) is 6.94. The lowest BCUT2D eigenvalue weighted by molar-refractivity contribution is 0.0355. The summed E-state index contributed by atoms with van der Waals surface area (Å²) >= 11 is 5.92. The van der Waals surface area contributed by atoms with Crippen LogP contribution in [0.15, 0.2) is 24.3 Å². The molecule has 0 aromatic heterocycles. The van der Waals surface area contributed by atoms with Gasteiger partial charge in [0.05, 0.1) is 0 Å². The first-order chi connectivity index (χ1) is 14.4. The molecule has 2 N–H and O–H groups in total. The molecule has 1 aliphatic carbocycles. The minimum absolute atomic E-state index is 0.154. The van der Waals surface area contributed by atoms with Crippen molar-refractivity contribution in [3.63, 3.8) is 0 Å². The Kier molecular flexibility index (Phi) is 8.84. The van der Waals surface area contributed by atoms with Crippen molar-refractivity contribution in [2.45, 2.75) is 65.0 Å². The van der Waals surface area contributed by atoms with E-state index >= 15 is 0 Å². The maximum Gasteiger partial charge on any atom is 0.319 e. The van der Waals surface area contributed by atoms with E-state index in [-0.39, 0.29) is 6.03 Å². The highest BCUT2D eigenvalue weighted by Gasteiger charge is 2.31. The molecule has 168 valence electrons. The number of urea groups is 1. The van der Waals surface area contributed by atoms with E-state index in [1.54, 1.807) is 12.1 Å². The standard InChI is InChI=1S/C24H39ClN4O/c1-18(2)19(3)23(17-26-24(30)27-21-11-9-20(25)10-12-21)29-15-13-28(14-16-29)22-7-5-4-6-8-22/h9-12,18-19,22-23H,4-8,13-17H2,1-3H3,(H2,26,27,30). The van der Waals surface area contributed by atoms with Gasteiger partial charge in [-0.15, -0.1) is 0 Å². The Morgan fingerprint density at radius 3 is 2.27 bits per heavy atom. The number of benzene rings is 1. The van der Waals surface area contributed by atoms with Crippen molar-refractivity contribution < 1.29 is 4.79 Å². The molecule has 3 rings (SSSR count). The van der Waals surface area contributed by atoms with Crippen molar-refractivity contribution in [3.8, 4) is 0 Å². The Hall–Kier alpha value is -1.30. The lowest BCUT2D eigenvalue weighted by Gasteiger charge is -2.45. The average Bonchev–Trinajstić information content (AvgIpc) is 2.76. The third-order valence-electron chi connectivity index (χ3n) is 7.14. The summed E-state index contributed by atoms with van der Waals surface area (Å²) in [6, 6.07) is 8.21. The number of carbonyl (C=O) groups excluding carboxylic acids is 1. The Bertz CT molecular complexity index is 652. The second-order valence-corrected chi connectivity index (χ2v) is 9.81. The molecular formula is C24H39ClN4O. The molecule has 2 atom stereocenters. The normalized spacial score (nSPS) is 21.4. The van der Waals surface area contributed by atoms with Crippen LogP contribution in [0.5, 0.6) is 0 Å². The molecule has 0 radical (unpaired) electrons. The van der Waals surface area contributed by atoms with E-state index in [1.165, 1.54) is 32.1 Å². The van der Waals surface area contributed by atoms with Gasteiger partial charge < -0.3 is 10.6 Å². The van der Waals surface area contributed by atoms with Crippen LogP contribution in [0.2, 0.25) is 5.02 Å². The zero-order chi connectivity index (χ0) is 21.5. The minimum atomic E-state index is -0.154. The average molecular weight is 435 g/mol. The lowest BCUT2D eigenvalue weighted by atomic mass is 9.88. The zero-order valence-electron chi connectivity index (χ0n) is 18.9. The lowest BCUT2D eigenvalue weighted by Crippen LogP contribution is -2.57.